The number of aliphatic hydroxyl groups excluding tert-OH is 1. The monoisotopic (exact) mass is 298 g/mol. The Hall–Kier alpha value is -1.10. The van der Waals surface area contributed by atoms with Gasteiger partial charge in [-0.3, -0.25) is 9.59 Å². The fourth-order valence-corrected chi connectivity index (χ4v) is 2.67. The van der Waals surface area contributed by atoms with Gasteiger partial charge in [0.2, 0.25) is 11.8 Å². The number of hydrogen-bond donors (Lipinski definition) is 3. The van der Waals surface area contributed by atoms with Crippen molar-refractivity contribution in [2.24, 2.45) is 11.8 Å². The van der Waals surface area contributed by atoms with Gasteiger partial charge in [0, 0.05) is 31.0 Å². The van der Waals surface area contributed by atoms with E-state index < -0.39 is 0 Å². The first-order chi connectivity index (χ1) is 9.93. The summed E-state index contributed by atoms with van der Waals surface area (Å²) in [5.41, 5.74) is 0. The molecule has 0 bridgehead atoms. The second kappa shape index (κ2) is 9.03. The summed E-state index contributed by atoms with van der Waals surface area (Å²) < 4.78 is 0. The van der Waals surface area contributed by atoms with Crippen molar-refractivity contribution in [3.8, 4) is 0 Å². The zero-order chi connectivity index (χ0) is 15.8. The smallest absolute Gasteiger partial charge is 0.223 e. The quantitative estimate of drug-likeness (QED) is 0.668. The topological polar surface area (TPSA) is 78.4 Å². The highest BCUT2D eigenvalue weighted by atomic mass is 16.3. The van der Waals surface area contributed by atoms with Crippen LogP contribution in [0, 0.1) is 11.8 Å². The van der Waals surface area contributed by atoms with Gasteiger partial charge >= 0.3 is 0 Å². The molecule has 1 aliphatic rings. The van der Waals surface area contributed by atoms with E-state index in [9.17, 15) is 9.59 Å². The molecule has 122 valence electrons. The van der Waals surface area contributed by atoms with Gasteiger partial charge in [-0.2, -0.15) is 0 Å². The Kier molecular flexibility index (Phi) is 7.72. The van der Waals surface area contributed by atoms with Crippen molar-refractivity contribution in [1.29, 1.82) is 0 Å². The first-order valence-electron chi connectivity index (χ1n) is 8.14. The minimum Gasteiger partial charge on any atom is -0.396 e. The Morgan fingerprint density at radius 2 is 1.71 bits per heavy atom. The fourth-order valence-electron chi connectivity index (χ4n) is 2.67. The summed E-state index contributed by atoms with van der Waals surface area (Å²) in [5.74, 6) is 0.157. The first kappa shape index (κ1) is 18.0. The molecule has 5 heteroatoms. The molecule has 0 aromatic heterocycles. The van der Waals surface area contributed by atoms with E-state index in [4.69, 9.17) is 5.11 Å². The highest BCUT2D eigenvalue weighted by Crippen LogP contribution is 2.23. The van der Waals surface area contributed by atoms with Gasteiger partial charge < -0.3 is 15.7 Å². The molecule has 1 fully saturated rings. The van der Waals surface area contributed by atoms with Crippen LogP contribution in [-0.4, -0.2) is 35.6 Å². The summed E-state index contributed by atoms with van der Waals surface area (Å²) in [7, 11) is 0. The molecule has 3 N–H and O–H groups in total. The maximum absolute atomic E-state index is 12.1. The zero-order valence-corrected chi connectivity index (χ0v) is 13.5. The van der Waals surface area contributed by atoms with Crippen LogP contribution in [0.5, 0.6) is 0 Å². The number of nitrogens with one attached hydrogen (secondary N) is 2. The Labute approximate surface area is 127 Å². The van der Waals surface area contributed by atoms with Crippen LogP contribution in [-0.2, 0) is 9.59 Å². The van der Waals surface area contributed by atoms with Gasteiger partial charge in [-0.1, -0.05) is 26.2 Å². The van der Waals surface area contributed by atoms with Crippen molar-refractivity contribution in [3.05, 3.63) is 0 Å². The van der Waals surface area contributed by atoms with Gasteiger partial charge in [-0.05, 0) is 32.6 Å². The van der Waals surface area contributed by atoms with Crippen LogP contribution in [0.3, 0.4) is 0 Å². The molecular formula is C16H30N2O3. The number of rotatable bonds is 7. The summed E-state index contributed by atoms with van der Waals surface area (Å²) >= 11 is 0. The lowest BCUT2D eigenvalue weighted by Crippen LogP contribution is -2.43. The van der Waals surface area contributed by atoms with E-state index in [1.807, 2.05) is 20.8 Å². The van der Waals surface area contributed by atoms with Crippen molar-refractivity contribution in [1.82, 2.24) is 10.6 Å². The van der Waals surface area contributed by atoms with Crippen molar-refractivity contribution >= 4 is 11.8 Å². The van der Waals surface area contributed by atoms with E-state index in [0.29, 0.717) is 0 Å². The van der Waals surface area contributed by atoms with Crippen LogP contribution >= 0.6 is 0 Å². The number of hydrogen-bond acceptors (Lipinski definition) is 3. The normalized spacial score (nSPS) is 20.4. The Morgan fingerprint density at radius 3 is 2.29 bits per heavy atom. The van der Waals surface area contributed by atoms with Crippen LogP contribution in [0.2, 0.25) is 0 Å². The van der Waals surface area contributed by atoms with Crippen molar-refractivity contribution in [3.63, 3.8) is 0 Å². The van der Waals surface area contributed by atoms with E-state index in [1.165, 1.54) is 6.42 Å². The Bertz CT molecular complexity index is 340. The molecule has 1 aliphatic carbocycles. The molecule has 2 amide bonds. The Balaban J connectivity index is 2.30. The average molecular weight is 298 g/mol. The molecule has 0 aromatic rings. The number of carbonyl (C=O) groups is 2. The van der Waals surface area contributed by atoms with E-state index in [-0.39, 0.29) is 48.8 Å². The van der Waals surface area contributed by atoms with E-state index >= 15 is 0 Å². The van der Waals surface area contributed by atoms with Gasteiger partial charge in [-0.15, -0.1) is 0 Å². The predicted octanol–water partition coefficient (Wildman–Crippen LogP) is 1.59. The molecule has 5 nitrogen and oxygen atoms in total. The number of aliphatic hydroxyl groups is 1. The molecule has 1 rings (SSSR count). The van der Waals surface area contributed by atoms with Gasteiger partial charge in [0.05, 0.1) is 0 Å². The van der Waals surface area contributed by atoms with Crippen LogP contribution in [0.4, 0.5) is 0 Å². The third-order valence-electron chi connectivity index (χ3n) is 4.39. The summed E-state index contributed by atoms with van der Waals surface area (Å²) in [4.78, 5) is 24.0. The fraction of sp³-hybridized carbons (Fsp3) is 0.875. The second-order valence-corrected chi connectivity index (χ2v) is 6.46. The molecule has 21 heavy (non-hydrogen) atoms. The summed E-state index contributed by atoms with van der Waals surface area (Å²) in [5, 5.41) is 14.9. The highest BCUT2D eigenvalue weighted by molar-refractivity contribution is 5.81. The van der Waals surface area contributed by atoms with E-state index in [2.05, 4.69) is 10.6 Å². The summed E-state index contributed by atoms with van der Waals surface area (Å²) in [6.45, 7) is 5.68. The molecule has 0 heterocycles. The molecular weight excluding hydrogens is 268 g/mol. The standard InChI is InChI=1S/C16H30N2O3/c1-11(10-19)13(3)18-15(20)9-12(2)17-16(21)14-7-5-4-6-8-14/h11-14,19H,4-10H2,1-3H3,(H,17,21)(H,18,20). The third-order valence-corrected chi connectivity index (χ3v) is 4.39. The van der Waals surface area contributed by atoms with Gasteiger partial charge in [0.1, 0.15) is 0 Å². The van der Waals surface area contributed by atoms with Gasteiger partial charge in [0.15, 0.2) is 0 Å². The summed E-state index contributed by atoms with van der Waals surface area (Å²) in [6.07, 6.45) is 5.70. The van der Waals surface area contributed by atoms with Gasteiger partial charge in [-0.25, -0.2) is 0 Å². The van der Waals surface area contributed by atoms with Crippen LogP contribution in [0.25, 0.3) is 0 Å². The molecule has 0 aliphatic heterocycles. The molecule has 0 spiro atoms. The summed E-state index contributed by atoms with van der Waals surface area (Å²) in [6, 6.07) is -0.222. The lowest BCUT2D eigenvalue weighted by Gasteiger charge is -2.24. The van der Waals surface area contributed by atoms with Crippen LogP contribution in [0.1, 0.15) is 59.3 Å². The maximum atomic E-state index is 12.1. The SMILES string of the molecule is CC(CC(=O)NC(C)C(C)CO)NC(=O)C1CCCCC1. The zero-order valence-electron chi connectivity index (χ0n) is 13.5. The van der Waals surface area contributed by atoms with Gasteiger partial charge in [0.25, 0.3) is 0 Å². The predicted molar refractivity (Wildman–Crippen MR) is 82.7 cm³/mol. The average Bonchev–Trinajstić information content (AvgIpc) is 2.46. The minimum atomic E-state index is -0.156. The molecule has 0 radical (unpaired) electrons. The third kappa shape index (κ3) is 6.46. The first-order valence-corrected chi connectivity index (χ1v) is 8.14. The highest BCUT2D eigenvalue weighted by Gasteiger charge is 2.23. The van der Waals surface area contributed by atoms with Crippen molar-refractivity contribution in [2.75, 3.05) is 6.61 Å². The largest absolute Gasteiger partial charge is 0.396 e. The minimum absolute atomic E-state index is 0.0288. The molecule has 0 aromatic carbocycles. The van der Waals surface area contributed by atoms with Crippen molar-refractivity contribution < 1.29 is 14.7 Å². The lowest BCUT2D eigenvalue weighted by atomic mass is 9.88. The molecule has 3 unspecified atom stereocenters. The maximum Gasteiger partial charge on any atom is 0.223 e. The Morgan fingerprint density at radius 1 is 1.10 bits per heavy atom. The van der Waals surface area contributed by atoms with E-state index in [0.717, 1.165) is 25.7 Å². The number of carbonyl (C=O) groups excluding carboxylic acids is 2. The molecule has 3 atom stereocenters. The number of amides is 2. The van der Waals surface area contributed by atoms with Crippen LogP contribution in [0.15, 0.2) is 0 Å². The van der Waals surface area contributed by atoms with Crippen molar-refractivity contribution in [2.45, 2.75) is 71.4 Å². The van der Waals surface area contributed by atoms with Crippen LogP contribution < -0.4 is 10.6 Å². The van der Waals surface area contributed by atoms with E-state index in [1.54, 1.807) is 0 Å². The second-order valence-electron chi connectivity index (χ2n) is 6.46. The molecule has 0 saturated heterocycles. The molecule has 1 saturated carbocycles. The lowest BCUT2D eigenvalue weighted by molar-refractivity contribution is -0.127.